The van der Waals surface area contributed by atoms with Crippen LogP contribution >= 0.6 is 11.8 Å². The number of para-hydroxylation sites is 1. The first-order valence-corrected chi connectivity index (χ1v) is 9.89. The molecule has 0 saturated heterocycles. The molecule has 2 aromatic rings. The van der Waals surface area contributed by atoms with Gasteiger partial charge in [0.1, 0.15) is 5.76 Å². The van der Waals surface area contributed by atoms with Crippen LogP contribution in [0.5, 0.6) is 0 Å². The molecule has 0 aliphatic rings. The van der Waals surface area contributed by atoms with Gasteiger partial charge >= 0.3 is 0 Å². The zero-order chi connectivity index (χ0) is 19.6. The summed E-state index contributed by atoms with van der Waals surface area (Å²) in [4.78, 5) is 26.1. The molecule has 2 rings (SSSR count). The van der Waals surface area contributed by atoms with Gasteiger partial charge in [0.05, 0.1) is 11.0 Å². The number of hydrogen-bond acceptors (Lipinski definition) is 6. The number of amides is 2. The monoisotopic (exact) mass is 390 g/mol. The maximum Gasteiger partial charge on any atom is 0.238 e. The van der Waals surface area contributed by atoms with Crippen LogP contribution in [0.15, 0.2) is 40.9 Å². The van der Waals surface area contributed by atoms with Gasteiger partial charge in [-0.25, -0.2) is 0 Å². The molecule has 27 heavy (non-hydrogen) atoms. The molecule has 0 saturated carbocycles. The zero-order valence-corrected chi connectivity index (χ0v) is 16.7. The first-order valence-electron chi connectivity index (χ1n) is 8.84. The first kappa shape index (κ1) is 20.8. The second-order valence-electron chi connectivity index (χ2n) is 6.23. The number of nitrogens with one attached hydrogen (secondary N) is 2. The molecule has 0 fully saturated rings. The van der Waals surface area contributed by atoms with Crippen LogP contribution in [0.4, 0.5) is 11.5 Å². The third-order valence-corrected chi connectivity index (χ3v) is 5.05. The molecule has 1 heterocycles. The summed E-state index contributed by atoms with van der Waals surface area (Å²) in [7, 11) is 2.03. The van der Waals surface area contributed by atoms with Gasteiger partial charge in [0.25, 0.3) is 0 Å². The van der Waals surface area contributed by atoms with Crippen molar-refractivity contribution in [3.8, 4) is 0 Å². The van der Waals surface area contributed by atoms with Gasteiger partial charge in [-0.05, 0) is 32.4 Å². The molecule has 0 aliphatic carbocycles. The summed E-state index contributed by atoms with van der Waals surface area (Å²) in [5.41, 5.74) is 1.15. The molecule has 2 amide bonds. The van der Waals surface area contributed by atoms with E-state index in [2.05, 4.69) is 32.8 Å². The Balaban J connectivity index is 1.59. The van der Waals surface area contributed by atoms with E-state index in [1.807, 2.05) is 25.2 Å². The number of benzene rings is 1. The van der Waals surface area contributed by atoms with Gasteiger partial charge in [-0.2, -0.15) is 0 Å². The third kappa shape index (κ3) is 7.34. The predicted octanol–water partition coefficient (Wildman–Crippen LogP) is 2.69. The molecular formula is C19H26N4O3S. The van der Waals surface area contributed by atoms with Gasteiger partial charge in [0, 0.05) is 31.9 Å². The fourth-order valence-corrected chi connectivity index (χ4v) is 3.05. The number of thioether (sulfide) groups is 1. The molecular weight excluding hydrogens is 364 g/mol. The molecule has 0 bridgehead atoms. The molecule has 0 spiro atoms. The van der Waals surface area contributed by atoms with Crippen LogP contribution in [-0.4, -0.2) is 48.1 Å². The van der Waals surface area contributed by atoms with Crippen molar-refractivity contribution in [2.24, 2.45) is 0 Å². The van der Waals surface area contributed by atoms with E-state index in [0.29, 0.717) is 18.1 Å². The highest BCUT2D eigenvalue weighted by Crippen LogP contribution is 2.14. The average Bonchev–Trinajstić information content (AvgIpc) is 3.08. The molecule has 8 heteroatoms. The molecule has 0 aliphatic heterocycles. The maximum atomic E-state index is 12.1. The van der Waals surface area contributed by atoms with Crippen molar-refractivity contribution < 1.29 is 14.1 Å². The van der Waals surface area contributed by atoms with Crippen molar-refractivity contribution in [3.05, 3.63) is 42.2 Å². The minimum Gasteiger partial charge on any atom is -0.375 e. The Labute approximate surface area is 163 Å². The Kier molecular flexibility index (Phi) is 8.19. The van der Waals surface area contributed by atoms with Crippen molar-refractivity contribution in [3.63, 3.8) is 0 Å². The summed E-state index contributed by atoms with van der Waals surface area (Å²) in [6, 6.07) is 11.8. The van der Waals surface area contributed by atoms with E-state index in [-0.39, 0.29) is 22.8 Å². The fraction of sp³-hybridized carbons (Fsp3) is 0.421. The molecule has 1 aromatic carbocycles. The summed E-state index contributed by atoms with van der Waals surface area (Å²) in [6.45, 7) is 4.97. The summed E-state index contributed by atoms with van der Waals surface area (Å²) in [5, 5.41) is 8.91. The molecule has 146 valence electrons. The van der Waals surface area contributed by atoms with Crippen molar-refractivity contribution >= 4 is 35.1 Å². The Bertz CT molecular complexity index is 736. The molecule has 1 unspecified atom stereocenters. The van der Waals surface area contributed by atoms with E-state index < -0.39 is 0 Å². The standard InChI is InChI=1S/C19H26N4O3S/c1-14-12-17(22-26-14)21-19(25)15(2)27-13-18(24)20-10-7-11-23(3)16-8-5-4-6-9-16/h4-6,8-9,12,15H,7,10-11,13H2,1-3H3,(H,20,24)(H,21,22,25). The van der Waals surface area contributed by atoms with Gasteiger partial charge in [0.2, 0.25) is 11.8 Å². The molecule has 1 aromatic heterocycles. The summed E-state index contributed by atoms with van der Waals surface area (Å²) in [5.74, 6) is 0.978. The van der Waals surface area contributed by atoms with Crippen LogP contribution in [-0.2, 0) is 9.59 Å². The smallest absolute Gasteiger partial charge is 0.238 e. The van der Waals surface area contributed by atoms with E-state index in [4.69, 9.17) is 4.52 Å². The van der Waals surface area contributed by atoms with Gasteiger partial charge < -0.3 is 20.1 Å². The van der Waals surface area contributed by atoms with E-state index in [9.17, 15) is 9.59 Å². The van der Waals surface area contributed by atoms with E-state index >= 15 is 0 Å². The molecule has 2 N–H and O–H groups in total. The number of aryl methyl sites for hydroxylation is 1. The second-order valence-corrected chi connectivity index (χ2v) is 7.56. The Morgan fingerprint density at radius 1 is 1.30 bits per heavy atom. The fourth-order valence-electron chi connectivity index (χ4n) is 2.34. The number of rotatable bonds is 10. The van der Waals surface area contributed by atoms with Crippen molar-refractivity contribution in [1.82, 2.24) is 10.5 Å². The van der Waals surface area contributed by atoms with Crippen LogP contribution in [0.25, 0.3) is 0 Å². The van der Waals surface area contributed by atoms with Crippen LogP contribution in [0, 0.1) is 6.92 Å². The molecule has 0 radical (unpaired) electrons. The quantitative estimate of drug-likeness (QED) is 0.607. The Morgan fingerprint density at radius 3 is 2.70 bits per heavy atom. The van der Waals surface area contributed by atoms with Gasteiger partial charge in [-0.15, -0.1) is 11.8 Å². The number of hydrogen-bond donors (Lipinski definition) is 2. The van der Waals surface area contributed by atoms with Gasteiger partial charge in [-0.1, -0.05) is 23.4 Å². The number of anilines is 2. The number of carbonyl (C=O) groups is 2. The third-order valence-electron chi connectivity index (χ3n) is 3.90. The normalized spacial score (nSPS) is 11.7. The Morgan fingerprint density at radius 2 is 2.04 bits per heavy atom. The molecule has 1 atom stereocenters. The van der Waals surface area contributed by atoms with Crippen molar-refractivity contribution in [2.45, 2.75) is 25.5 Å². The minimum absolute atomic E-state index is 0.0701. The highest BCUT2D eigenvalue weighted by molar-refractivity contribution is 8.01. The zero-order valence-electron chi connectivity index (χ0n) is 15.9. The van der Waals surface area contributed by atoms with Crippen LogP contribution in [0.2, 0.25) is 0 Å². The minimum atomic E-state index is -0.364. The van der Waals surface area contributed by atoms with Crippen LogP contribution in [0.1, 0.15) is 19.1 Å². The number of aromatic nitrogens is 1. The summed E-state index contributed by atoms with van der Waals surface area (Å²) >= 11 is 1.29. The highest BCUT2D eigenvalue weighted by Gasteiger charge is 2.16. The maximum absolute atomic E-state index is 12.1. The van der Waals surface area contributed by atoms with E-state index in [1.54, 1.807) is 19.9 Å². The first-order chi connectivity index (χ1) is 13.0. The highest BCUT2D eigenvalue weighted by atomic mass is 32.2. The van der Waals surface area contributed by atoms with E-state index in [1.165, 1.54) is 11.8 Å². The van der Waals surface area contributed by atoms with Gasteiger partial charge in [-0.3, -0.25) is 9.59 Å². The number of carbonyl (C=O) groups excluding carboxylic acids is 2. The largest absolute Gasteiger partial charge is 0.375 e. The summed E-state index contributed by atoms with van der Waals surface area (Å²) in [6.07, 6.45) is 0.851. The van der Waals surface area contributed by atoms with Crippen LogP contribution < -0.4 is 15.5 Å². The van der Waals surface area contributed by atoms with Crippen LogP contribution in [0.3, 0.4) is 0 Å². The van der Waals surface area contributed by atoms with Crippen molar-refractivity contribution in [1.29, 1.82) is 0 Å². The van der Waals surface area contributed by atoms with Gasteiger partial charge in [0.15, 0.2) is 5.82 Å². The SMILES string of the molecule is Cc1cc(NC(=O)C(C)SCC(=O)NCCCN(C)c2ccccc2)no1. The lowest BCUT2D eigenvalue weighted by Gasteiger charge is -2.19. The van der Waals surface area contributed by atoms with E-state index in [0.717, 1.165) is 18.7 Å². The van der Waals surface area contributed by atoms with Crippen molar-refractivity contribution in [2.75, 3.05) is 36.1 Å². The lowest BCUT2D eigenvalue weighted by molar-refractivity contribution is -0.118. The number of nitrogens with zero attached hydrogens (tertiary/aromatic N) is 2. The molecule has 7 nitrogen and oxygen atoms in total. The Hall–Kier alpha value is -2.48. The summed E-state index contributed by atoms with van der Waals surface area (Å²) < 4.78 is 4.90. The average molecular weight is 391 g/mol. The lowest BCUT2D eigenvalue weighted by atomic mass is 10.3. The predicted molar refractivity (Wildman–Crippen MR) is 109 cm³/mol. The lowest BCUT2D eigenvalue weighted by Crippen LogP contribution is -2.31. The second kappa shape index (κ2) is 10.6. The topological polar surface area (TPSA) is 87.5 Å².